The molecule has 0 unspecified atom stereocenters. The van der Waals surface area contributed by atoms with Crippen LogP contribution < -0.4 is 16.4 Å². The summed E-state index contributed by atoms with van der Waals surface area (Å²) >= 11 is 0. The fraction of sp³-hybridized carbons (Fsp3) is 0.941. The molecule has 4 N–H and O–H groups in total. The van der Waals surface area contributed by atoms with Gasteiger partial charge in [-0.25, -0.2) is 0 Å². The molecule has 0 aromatic rings. The van der Waals surface area contributed by atoms with E-state index in [2.05, 4.69) is 52.2 Å². The van der Waals surface area contributed by atoms with E-state index in [9.17, 15) is 4.79 Å². The lowest BCUT2D eigenvalue weighted by Crippen LogP contribution is -2.62. The highest BCUT2D eigenvalue weighted by Gasteiger charge is 2.38. The molecule has 1 aliphatic rings. The van der Waals surface area contributed by atoms with Gasteiger partial charge in [-0.3, -0.25) is 4.79 Å². The van der Waals surface area contributed by atoms with Crippen LogP contribution in [0.1, 0.15) is 67.2 Å². The molecule has 0 bridgehead atoms. The molecule has 1 aliphatic heterocycles. The number of nitrogens with two attached hydrogens (primary N) is 1. The Kier molecular flexibility index (Phi) is 6.23. The van der Waals surface area contributed by atoms with Crippen molar-refractivity contribution in [3.8, 4) is 0 Å². The van der Waals surface area contributed by atoms with E-state index in [0.29, 0.717) is 24.8 Å². The Labute approximate surface area is 130 Å². The highest BCUT2D eigenvalue weighted by atomic mass is 16.1. The molecule has 1 fully saturated rings. The molecule has 0 radical (unpaired) electrons. The van der Waals surface area contributed by atoms with E-state index in [1.807, 2.05) is 0 Å². The number of rotatable bonds is 6. The first kappa shape index (κ1) is 18.4. The van der Waals surface area contributed by atoms with Crippen LogP contribution in [0.2, 0.25) is 0 Å². The number of carbonyl (C=O) groups is 1. The SMILES string of the molecule is CC(C)C[C@H](CN)CC(=O)NC1CC(C)(C)NC(C)(C)C1. The van der Waals surface area contributed by atoms with Crippen molar-refractivity contribution in [2.45, 2.75) is 84.3 Å². The van der Waals surface area contributed by atoms with E-state index in [1.54, 1.807) is 0 Å². The summed E-state index contributed by atoms with van der Waals surface area (Å²) in [5, 5.41) is 6.88. The van der Waals surface area contributed by atoms with Gasteiger partial charge in [-0.2, -0.15) is 0 Å². The predicted octanol–water partition coefficient (Wildman–Crippen LogP) is 2.42. The summed E-state index contributed by atoms with van der Waals surface area (Å²) in [5.74, 6) is 1.04. The van der Waals surface area contributed by atoms with Gasteiger partial charge in [-0.1, -0.05) is 13.8 Å². The molecule has 1 rings (SSSR count). The zero-order chi connectivity index (χ0) is 16.3. The maximum atomic E-state index is 12.3. The lowest BCUT2D eigenvalue weighted by Gasteiger charge is -2.46. The van der Waals surface area contributed by atoms with Crippen molar-refractivity contribution >= 4 is 5.91 Å². The van der Waals surface area contributed by atoms with Crippen molar-refractivity contribution in [3.63, 3.8) is 0 Å². The molecular formula is C17H35N3O. The van der Waals surface area contributed by atoms with Crippen LogP contribution in [0.25, 0.3) is 0 Å². The molecule has 0 aliphatic carbocycles. The highest BCUT2D eigenvalue weighted by Crippen LogP contribution is 2.28. The summed E-state index contributed by atoms with van der Waals surface area (Å²) in [7, 11) is 0. The van der Waals surface area contributed by atoms with Gasteiger partial charge in [0.25, 0.3) is 0 Å². The molecule has 1 heterocycles. The second-order valence-corrected chi connectivity index (χ2v) is 8.50. The largest absolute Gasteiger partial charge is 0.353 e. The van der Waals surface area contributed by atoms with Crippen LogP contribution in [-0.4, -0.2) is 29.6 Å². The Balaban J connectivity index is 2.53. The van der Waals surface area contributed by atoms with E-state index in [-0.39, 0.29) is 23.0 Å². The van der Waals surface area contributed by atoms with Crippen LogP contribution >= 0.6 is 0 Å². The molecule has 4 heteroatoms. The van der Waals surface area contributed by atoms with Gasteiger partial charge in [0.15, 0.2) is 0 Å². The van der Waals surface area contributed by atoms with Gasteiger partial charge >= 0.3 is 0 Å². The summed E-state index contributed by atoms with van der Waals surface area (Å²) in [6.07, 6.45) is 3.52. The van der Waals surface area contributed by atoms with Crippen LogP contribution in [0.15, 0.2) is 0 Å². The molecule has 0 spiro atoms. The summed E-state index contributed by atoms with van der Waals surface area (Å²) < 4.78 is 0. The van der Waals surface area contributed by atoms with Crippen LogP contribution in [0.3, 0.4) is 0 Å². The first-order chi connectivity index (χ1) is 9.53. The van der Waals surface area contributed by atoms with Gasteiger partial charge in [-0.15, -0.1) is 0 Å². The smallest absolute Gasteiger partial charge is 0.220 e. The number of piperidine rings is 1. The van der Waals surface area contributed by atoms with E-state index in [4.69, 9.17) is 5.73 Å². The van der Waals surface area contributed by atoms with Crippen LogP contribution in [-0.2, 0) is 4.79 Å². The summed E-state index contributed by atoms with van der Waals surface area (Å²) in [6, 6.07) is 0.251. The monoisotopic (exact) mass is 297 g/mol. The molecule has 0 aromatic heterocycles. The quantitative estimate of drug-likeness (QED) is 0.705. The fourth-order valence-corrected chi connectivity index (χ4v) is 3.90. The van der Waals surface area contributed by atoms with Gasteiger partial charge in [-0.05, 0) is 65.3 Å². The summed E-state index contributed by atoms with van der Waals surface area (Å²) in [5.41, 5.74) is 5.92. The summed E-state index contributed by atoms with van der Waals surface area (Å²) in [4.78, 5) is 12.3. The van der Waals surface area contributed by atoms with Crippen molar-refractivity contribution in [1.29, 1.82) is 0 Å². The zero-order valence-electron chi connectivity index (χ0n) is 14.8. The fourth-order valence-electron chi connectivity index (χ4n) is 3.90. The summed E-state index contributed by atoms with van der Waals surface area (Å²) in [6.45, 7) is 13.8. The van der Waals surface area contributed by atoms with Gasteiger partial charge in [0.05, 0.1) is 0 Å². The second kappa shape index (κ2) is 7.10. The second-order valence-electron chi connectivity index (χ2n) is 8.50. The van der Waals surface area contributed by atoms with Gasteiger partial charge < -0.3 is 16.4 Å². The van der Waals surface area contributed by atoms with Crippen molar-refractivity contribution < 1.29 is 4.79 Å². The number of hydrogen-bond acceptors (Lipinski definition) is 3. The van der Waals surface area contributed by atoms with Crippen LogP contribution in [0.5, 0.6) is 0 Å². The van der Waals surface area contributed by atoms with Crippen LogP contribution in [0, 0.1) is 11.8 Å². The molecule has 21 heavy (non-hydrogen) atoms. The molecule has 0 aromatic carbocycles. The molecule has 1 saturated heterocycles. The highest BCUT2D eigenvalue weighted by molar-refractivity contribution is 5.76. The molecular weight excluding hydrogens is 262 g/mol. The Hall–Kier alpha value is -0.610. The normalized spacial score (nSPS) is 23.0. The zero-order valence-corrected chi connectivity index (χ0v) is 14.8. The maximum absolute atomic E-state index is 12.3. The first-order valence-electron chi connectivity index (χ1n) is 8.32. The predicted molar refractivity (Wildman–Crippen MR) is 89.1 cm³/mol. The minimum Gasteiger partial charge on any atom is -0.353 e. The van der Waals surface area contributed by atoms with E-state index in [1.165, 1.54) is 0 Å². The number of amides is 1. The minimum atomic E-state index is 0.0604. The van der Waals surface area contributed by atoms with Crippen molar-refractivity contribution in [1.82, 2.24) is 10.6 Å². The first-order valence-corrected chi connectivity index (χ1v) is 8.32. The third-order valence-corrected chi connectivity index (χ3v) is 4.17. The average Bonchev–Trinajstić information content (AvgIpc) is 2.22. The van der Waals surface area contributed by atoms with Crippen molar-refractivity contribution in [2.24, 2.45) is 17.6 Å². The van der Waals surface area contributed by atoms with Crippen molar-refractivity contribution in [3.05, 3.63) is 0 Å². The standard InChI is InChI=1S/C17H35N3O/c1-12(2)7-13(11-18)8-15(21)19-14-9-16(3,4)20-17(5,6)10-14/h12-14,20H,7-11,18H2,1-6H3,(H,19,21)/t13-/m0/s1. The third kappa shape index (κ3) is 6.79. The average molecular weight is 297 g/mol. The number of hydrogen-bond donors (Lipinski definition) is 3. The van der Waals surface area contributed by atoms with E-state index < -0.39 is 0 Å². The van der Waals surface area contributed by atoms with Gasteiger partial charge in [0.2, 0.25) is 5.91 Å². The topological polar surface area (TPSA) is 67.2 Å². The Morgan fingerprint density at radius 3 is 2.19 bits per heavy atom. The van der Waals surface area contributed by atoms with Gasteiger partial charge in [0.1, 0.15) is 0 Å². The Morgan fingerprint density at radius 1 is 1.24 bits per heavy atom. The van der Waals surface area contributed by atoms with E-state index in [0.717, 1.165) is 19.3 Å². The lowest BCUT2D eigenvalue weighted by atomic mass is 9.79. The molecule has 1 amide bonds. The lowest BCUT2D eigenvalue weighted by molar-refractivity contribution is -0.123. The third-order valence-electron chi connectivity index (χ3n) is 4.17. The molecule has 124 valence electrons. The molecule has 1 atom stereocenters. The van der Waals surface area contributed by atoms with Crippen molar-refractivity contribution in [2.75, 3.05) is 6.54 Å². The Bertz CT molecular complexity index is 334. The maximum Gasteiger partial charge on any atom is 0.220 e. The molecule has 0 saturated carbocycles. The molecule has 4 nitrogen and oxygen atoms in total. The Morgan fingerprint density at radius 2 is 1.76 bits per heavy atom. The number of nitrogens with one attached hydrogen (secondary N) is 2. The minimum absolute atomic E-state index is 0.0604. The van der Waals surface area contributed by atoms with Gasteiger partial charge in [0, 0.05) is 23.5 Å². The number of carbonyl (C=O) groups excluding carboxylic acids is 1. The van der Waals surface area contributed by atoms with E-state index >= 15 is 0 Å². The van der Waals surface area contributed by atoms with Crippen LogP contribution in [0.4, 0.5) is 0 Å².